The van der Waals surface area contributed by atoms with Crippen molar-refractivity contribution in [2.75, 3.05) is 11.4 Å². The molecule has 0 fully saturated rings. The van der Waals surface area contributed by atoms with Crippen molar-refractivity contribution in [2.24, 2.45) is 0 Å². The van der Waals surface area contributed by atoms with E-state index in [2.05, 4.69) is 22.0 Å². The van der Waals surface area contributed by atoms with Crippen LogP contribution in [0.4, 0.5) is 15.8 Å². The number of hydrogen-bond acceptors (Lipinski definition) is 2. The minimum Gasteiger partial charge on any atom is -0.340 e. The van der Waals surface area contributed by atoms with Crippen LogP contribution in [-0.2, 0) is 6.42 Å². The van der Waals surface area contributed by atoms with Crippen LogP contribution in [0.2, 0.25) is 0 Å². The van der Waals surface area contributed by atoms with Gasteiger partial charge in [-0.1, -0.05) is 22.0 Å². The van der Waals surface area contributed by atoms with Gasteiger partial charge in [-0.25, -0.2) is 4.39 Å². The van der Waals surface area contributed by atoms with Crippen molar-refractivity contribution in [1.82, 2.24) is 0 Å². The summed E-state index contributed by atoms with van der Waals surface area (Å²) in [6.45, 7) is 0.773. The van der Waals surface area contributed by atoms with E-state index in [1.807, 2.05) is 23.1 Å². The van der Waals surface area contributed by atoms with Gasteiger partial charge in [-0.15, -0.1) is 0 Å². The average molecular weight is 317 g/mol. The van der Waals surface area contributed by atoms with E-state index in [4.69, 9.17) is 0 Å². The Hall–Kier alpha value is -1.86. The van der Waals surface area contributed by atoms with Crippen molar-refractivity contribution in [2.45, 2.75) is 6.42 Å². The van der Waals surface area contributed by atoms with Crippen LogP contribution in [0.3, 0.4) is 0 Å². The van der Waals surface area contributed by atoms with Gasteiger partial charge in [0.15, 0.2) is 0 Å². The van der Waals surface area contributed by atoms with E-state index in [1.165, 1.54) is 12.1 Å². The van der Waals surface area contributed by atoms with Crippen LogP contribution in [0, 0.1) is 17.1 Å². The van der Waals surface area contributed by atoms with Crippen molar-refractivity contribution < 1.29 is 4.39 Å². The van der Waals surface area contributed by atoms with Gasteiger partial charge in [0, 0.05) is 16.7 Å². The van der Waals surface area contributed by atoms with Crippen LogP contribution in [0.5, 0.6) is 0 Å². The first-order valence-electron chi connectivity index (χ1n) is 5.94. The Balaban J connectivity index is 2.12. The molecule has 2 aromatic carbocycles. The minimum absolute atomic E-state index is 0.249. The molecular formula is C15H10BrFN2. The zero-order valence-electron chi connectivity index (χ0n) is 10.0. The molecule has 0 aromatic heterocycles. The molecule has 0 N–H and O–H groups in total. The number of fused-ring (bicyclic) bond motifs is 1. The van der Waals surface area contributed by atoms with Gasteiger partial charge in [-0.3, -0.25) is 0 Å². The van der Waals surface area contributed by atoms with E-state index in [1.54, 1.807) is 6.07 Å². The second kappa shape index (κ2) is 4.67. The molecule has 94 valence electrons. The second-order valence-corrected chi connectivity index (χ2v) is 5.36. The molecule has 0 aliphatic carbocycles. The summed E-state index contributed by atoms with van der Waals surface area (Å²) in [4.78, 5) is 2.00. The Morgan fingerprint density at radius 3 is 2.79 bits per heavy atom. The molecular weight excluding hydrogens is 307 g/mol. The minimum atomic E-state index is -0.249. The standard InChI is InChI=1S/C15H10BrFN2/c16-12-2-4-14(11(7-12)9-18)19-6-5-10-1-3-13(17)8-15(10)19/h1-4,7-8H,5-6H2. The Bertz CT molecular complexity index is 691. The first-order valence-corrected chi connectivity index (χ1v) is 6.74. The van der Waals surface area contributed by atoms with Gasteiger partial charge in [-0.05, 0) is 42.3 Å². The fourth-order valence-electron chi connectivity index (χ4n) is 2.44. The molecule has 19 heavy (non-hydrogen) atoms. The topological polar surface area (TPSA) is 27.0 Å². The van der Waals surface area contributed by atoms with Crippen LogP contribution in [0.25, 0.3) is 0 Å². The molecule has 0 atom stereocenters. The molecule has 0 spiro atoms. The molecule has 1 aliphatic heterocycles. The maximum Gasteiger partial charge on any atom is 0.125 e. The van der Waals surface area contributed by atoms with Crippen LogP contribution < -0.4 is 4.90 Å². The first kappa shape index (κ1) is 12.2. The maximum atomic E-state index is 13.4. The lowest BCUT2D eigenvalue weighted by Gasteiger charge is -2.21. The molecule has 3 rings (SSSR count). The van der Waals surface area contributed by atoms with E-state index in [9.17, 15) is 9.65 Å². The Labute approximate surface area is 119 Å². The molecule has 0 radical (unpaired) electrons. The molecule has 1 aliphatic rings. The monoisotopic (exact) mass is 316 g/mol. The highest BCUT2D eigenvalue weighted by Crippen LogP contribution is 2.37. The van der Waals surface area contributed by atoms with Crippen LogP contribution in [-0.4, -0.2) is 6.54 Å². The summed E-state index contributed by atoms with van der Waals surface area (Å²) in [6, 6.07) is 12.6. The average Bonchev–Trinajstić information content (AvgIpc) is 2.81. The van der Waals surface area contributed by atoms with Gasteiger partial charge in [0.1, 0.15) is 11.9 Å². The number of rotatable bonds is 1. The maximum absolute atomic E-state index is 13.4. The Kier molecular flexibility index (Phi) is 3.00. The van der Waals surface area contributed by atoms with Crippen molar-refractivity contribution in [3.05, 3.63) is 57.8 Å². The number of benzene rings is 2. The fraction of sp³-hybridized carbons (Fsp3) is 0.133. The molecule has 0 bridgehead atoms. The number of halogens is 2. The lowest BCUT2D eigenvalue weighted by atomic mass is 10.1. The van der Waals surface area contributed by atoms with Gasteiger partial charge < -0.3 is 4.90 Å². The van der Waals surface area contributed by atoms with Gasteiger partial charge in [0.25, 0.3) is 0 Å². The third-order valence-electron chi connectivity index (χ3n) is 3.31. The van der Waals surface area contributed by atoms with E-state index in [-0.39, 0.29) is 5.82 Å². The summed E-state index contributed by atoms with van der Waals surface area (Å²) in [6.07, 6.45) is 0.872. The van der Waals surface area contributed by atoms with E-state index in [0.29, 0.717) is 5.56 Å². The normalized spacial score (nSPS) is 13.2. The molecule has 1 heterocycles. The van der Waals surface area contributed by atoms with Gasteiger partial charge in [0.2, 0.25) is 0 Å². The SMILES string of the molecule is N#Cc1cc(Br)ccc1N1CCc2ccc(F)cc21. The van der Waals surface area contributed by atoms with Crippen LogP contribution >= 0.6 is 15.9 Å². The third kappa shape index (κ3) is 2.11. The number of anilines is 2. The van der Waals surface area contributed by atoms with E-state index < -0.39 is 0 Å². The van der Waals surface area contributed by atoms with E-state index in [0.717, 1.165) is 34.4 Å². The summed E-state index contributed by atoms with van der Waals surface area (Å²) >= 11 is 3.36. The lowest BCUT2D eigenvalue weighted by Crippen LogP contribution is -2.14. The van der Waals surface area contributed by atoms with Crippen LogP contribution in [0.15, 0.2) is 40.9 Å². The largest absolute Gasteiger partial charge is 0.340 e. The zero-order valence-corrected chi connectivity index (χ0v) is 11.6. The summed E-state index contributed by atoms with van der Waals surface area (Å²) in [5, 5.41) is 9.23. The summed E-state index contributed by atoms with van der Waals surface area (Å²) in [7, 11) is 0. The second-order valence-electron chi connectivity index (χ2n) is 4.45. The van der Waals surface area contributed by atoms with Crippen LogP contribution in [0.1, 0.15) is 11.1 Å². The van der Waals surface area contributed by atoms with Crippen molar-refractivity contribution >= 4 is 27.3 Å². The van der Waals surface area contributed by atoms with Crippen molar-refractivity contribution in [3.8, 4) is 6.07 Å². The zero-order chi connectivity index (χ0) is 13.4. The predicted molar refractivity (Wildman–Crippen MR) is 76.0 cm³/mol. The molecule has 0 saturated carbocycles. The highest BCUT2D eigenvalue weighted by molar-refractivity contribution is 9.10. The molecule has 2 aromatic rings. The molecule has 2 nitrogen and oxygen atoms in total. The molecule has 4 heteroatoms. The van der Waals surface area contributed by atoms with Crippen molar-refractivity contribution in [1.29, 1.82) is 5.26 Å². The number of nitrogens with zero attached hydrogens (tertiary/aromatic N) is 2. The summed E-state index contributed by atoms with van der Waals surface area (Å²) in [5.41, 5.74) is 3.40. The Morgan fingerprint density at radius 1 is 1.16 bits per heavy atom. The highest BCUT2D eigenvalue weighted by Gasteiger charge is 2.22. The highest BCUT2D eigenvalue weighted by atomic mass is 79.9. The third-order valence-corrected chi connectivity index (χ3v) is 3.81. The van der Waals surface area contributed by atoms with Gasteiger partial charge >= 0.3 is 0 Å². The van der Waals surface area contributed by atoms with E-state index >= 15 is 0 Å². The molecule has 0 amide bonds. The number of nitriles is 1. The fourth-order valence-corrected chi connectivity index (χ4v) is 2.80. The predicted octanol–water partition coefficient (Wildman–Crippen LogP) is 4.15. The number of hydrogen-bond donors (Lipinski definition) is 0. The lowest BCUT2D eigenvalue weighted by molar-refractivity contribution is 0.628. The molecule has 0 saturated heterocycles. The van der Waals surface area contributed by atoms with Gasteiger partial charge in [-0.2, -0.15) is 5.26 Å². The smallest absolute Gasteiger partial charge is 0.125 e. The van der Waals surface area contributed by atoms with Gasteiger partial charge in [0.05, 0.1) is 11.3 Å². The first-order chi connectivity index (χ1) is 9.19. The Morgan fingerprint density at radius 2 is 2.00 bits per heavy atom. The summed E-state index contributed by atoms with van der Waals surface area (Å²) < 4.78 is 14.3. The quantitative estimate of drug-likeness (QED) is 0.790. The summed E-state index contributed by atoms with van der Waals surface area (Å²) in [5.74, 6) is -0.249. The molecule has 0 unspecified atom stereocenters. The van der Waals surface area contributed by atoms with Crippen molar-refractivity contribution in [3.63, 3.8) is 0 Å².